The number of aromatic amines is 1. The van der Waals surface area contributed by atoms with E-state index >= 15 is 0 Å². The summed E-state index contributed by atoms with van der Waals surface area (Å²) in [7, 11) is 1.54. The van der Waals surface area contributed by atoms with Crippen molar-refractivity contribution in [2.45, 2.75) is 6.54 Å². The maximum atomic E-state index is 12.7. The van der Waals surface area contributed by atoms with Gasteiger partial charge in [0.2, 0.25) is 0 Å². The molecular weight excluding hydrogens is 356 g/mol. The second-order valence-corrected chi connectivity index (χ2v) is 6.03. The van der Waals surface area contributed by atoms with Crippen LogP contribution in [-0.4, -0.2) is 28.2 Å². The summed E-state index contributed by atoms with van der Waals surface area (Å²) in [4.78, 5) is 17.0. The Morgan fingerprint density at radius 2 is 2.14 bits per heavy atom. The number of amides is 1. The quantitative estimate of drug-likeness (QED) is 0.537. The molecule has 28 heavy (non-hydrogen) atoms. The molecule has 0 saturated heterocycles. The van der Waals surface area contributed by atoms with E-state index in [-0.39, 0.29) is 5.91 Å². The Hall–Kier alpha value is -3.87. The average Bonchev–Trinajstić information content (AvgIpc) is 3.40. The first-order chi connectivity index (χ1) is 13.8. The van der Waals surface area contributed by atoms with Crippen LogP contribution < -0.4 is 10.1 Å². The molecule has 4 aromatic rings. The molecule has 2 N–H and O–H groups in total. The number of carbonyl (C=O) groups is 1. The smallest absolute Gasteiger partial charge is 0.255 e. The minimum atomic E-state index is -0.254. The predicted molar refractivity (Wildman–Crippen MR) is 106 cm³/mol. The summed E-state index contributed by atoms with van der Waals surface area (Å²) in [5.74, 6) is 0.885. The number of methoxy groups -OCH3 is 1. The molecule has 1 aromatic carbocycles. The van der Waals surface area contributed by atoms with Gasteiger partial charge in [-0.15, -0.1) is 0 Å². The van der Waals surface area contributed by atoms with Gasteiger partial charge in [-0.05, 0) is 48.6 Å². The fraction of sp³-hybridized carbons (Fsp3) is 0.0952. The van der Waals surface area contributed by atoms with Crippen LogP contribution >= 0.6 is 0 Å². The van der Waals surface area contributed by atoms with Crippen molar-refractivity contribution in [3.05, 3.63) is 77.6 Å². The van der Waals surface area contributed by atoms with Gasteiger partial charge in [0, 0.05) is 6.20 Å². The first kappa shape index (κ1) is 17.5. The van der Waals surface area contributed by atoms with E-state index in [1.54, 1.807) is 36.7 Å². The maximum Gasteiger partial charge on any atom is 0.255 e. The van der Waals surface area contributed by atoms with Crippen LogP contribution in [0.15, 0.2) is 59.3 Å². The number of benzene rings is 1. The number of H-pyrrole nitrogens is 1. The van der Waals surface area contributed by atoms with Gasteiger partial charge in [0.15, 0.2) is 0 Å². The minimum absolute atomic E-state index is 0.254. The number of nitrogens with one attached hydrogen (secondary N) is 2. The van der Waals surface area contributed by atoms with Crippen LogP contribution in [0.5, 0.6) is 5.75 Å². The van der Waals surface area contributed by atoms with Crippen LogP contribution in [0.25, 0.3) is 23.1 Å². The van der Waals surface area contributed by atoms with Crippen LogP contribution in [0.2, 0.25) is 0 Å². The lowest BCUT2D eigenvalue weighted by molar-refractivity contribution is 0.0945. The normalized spacial score (nSPS) is 11.2. The van der Waals surface area contributed by atoms with E-state index < -0.39 is 0 Å². The van der Waals surface area contributed by atoms with Crippen LogP contribution in [-0.2, 0) is 6.54 Å². The topological polar surface area (TPSA) is 93.0 Å². The third-order valence-electron chi connectivity index (χ3n) is 4.26. The number of furan rings is 1. The summed E-state index contributed by atoms with van der Waals surface area (Å²) in [6, 6.07) is 12.7. The highest BCUT2D eigenvalue weighted by Gasteiger charge is 2.19. The SMILES string of the molecule is COc1c(C(=O)NCc2ccco2)ccc2n[nH]c(C=Cc3ccccn3)c12. The number of ether oxygens (including phenoxy) is 1. The maximum absolute atomic E-state index is 12.7. The molecule has 7 nitrogen and oxygen atoms in total. The van der Waals surface area contributed by atoms with Crippen molar-refractivity contribution < 1.29 is 13.9 Å². The van der Waals surface area contributed by atoms with Crippen molar-refractivity contribution in [3.8, 4) is 5.75 Å². The molecule has 0 spiro atoms. The number of carbonyl (C=O) groups excluding carboxylic acids is 1. The van der Waals surface area contributed by atoms with Gasteiger partial charge in [-0.25, -0.2) is 0 Å². The summed E-state index contributed by atoms with van der Waals surface area (Å²) < 4.78 is 10.8. The van der Waals surface area contributed by atoms with Gasteiger partial charge in [-0.1, -0.05) is 6.07 Å². The number of pyridine rings is 1. The lowest BCUT2D eigenvalue weighted by atomic mass is 10.1. The van der Waals surface area contributed by atoms with Crippen molar-refractivity contribution in [1.29, 1.82) is 0 Å². The monoisotopic (exact) mass is 374 g/mol. The zero-order valence-corrected chi connectivity index (χ0v) is 15.2. The van der Waals surface area contributed by atoms with E-state index in [0.717, 1.165) is 16.8 Å². The van der Waals surface area contributed by atoms with Gasteiger partial charge in [0.25, 0.3) is 5.91 Å². The van der Waals surface area contributed by atoms with Crippen molar-refractivity contribution in [3.63, 3.8) is 0 Å². The highest BCUT2D eigenvalue weighted by Crippen LogP contribution is 2.32. The zero-order chi connectivity index (χ0) is 19.3. The third kappa shape index (κ3) is 3.50. The van der Waals surface area contributed by atoms with E-state index in [9.17, 15) is 4.79 Å². The van der Waals surface area contributed by atoms with Gasteiger partial charge in [0.05, 0.1) is 47.8 Å². The molecular formula is C21H18N4O3. The number of nitrogens with zero attached hydrogens (tertiary/aromatic N) is 2. The second-order valence-electron chi connectivity index (χ2n) is 6.03. The van der Waals surface area contributed by atoms with Crippen molar-refractivity contribution in [2.24, 2.45) is 0 Å². The molecule has 0 radical (unpaired) electrons. The number of aromatic nitrogens is 3. The molecule has 0 aliphatic heterocycles. The van der Waals surface area contributed by atoms with E-state index in [1.165, 1.54) is 7.11 Å². The molecule has 4 rings (SSSR count). The van der Waals surface area contributed by atoms with E-state index in [0.29, 0.717) is 29.1 Å². The standard InChI is InChI=1S/C21H18N4O3/c1-27-20-16(21(26)23-13-15-6-4-12-28-15)8-10-18-19(20)17(24-25-18)9-7-14-5-2-3-11-22-14/h2-12H,13H2,1H3,(H,23,26)(H,24,25). The minimum Gasteiger partial charge on any atom is -0.495 e. The number of hydrogen-bond donors (Lipinski definition) is 2. The Morgan fingerprint density at radius 3 is 2.89 bits per heavy atom. The van der Waals surface area contributed by atoms with E-state index in [1.807, 2.05) is 30.4 Å². The van der Waals surface area contributed by atoms with Gasteiger partial charge in [-0.3, -0.25) is 14.9 Å². The fourth-order valence-corrected chi connectivity index (χ4v) is 2.93. The predicted octanol–water partition coefficient (Wildman–Crippen LogP) is 3.66. The largest absolute Gasteiger partial charge is 0.495 e. The molecule has 7 heteroatoms. The number of fused-ring (bicyclic) bond motifs is 1. The highest BCUT2D eigenvalue weighted by molar-refractivity contribution is 6.05. The van der Waals surface area contributed by atoms with Crippen molar-refractivity contribution >= 4 is 29.0 Å². The summed E-state index contributed by atoms with van der Waals surface area (Å²) in [6.07, 6.45) is 7.04. The molecule has 0 fully saturated rings. The zero-order valence-electron chi connectivity index (χ0n) is 15.2. The summed E-state index contributed by atoms with van der Waals surface area (Å²) in [5, 5.41) is 10.9. The Morgan fingerprint density at radius 1 is 1.21 bits per heavy atom. The molecule has 0 bridgehead atoms. The summed E-state index contributed by atoms with van der Waals surface area (Å²) in [6.45, 7) is 0.296. The Labute approximate surface area is 161 Å². The second kappa shape index (κ2) is 7.79. The highest BCUT2D eigenvalue weighted by atomic mass is 16.5. The van der Waals surface area contributed by atoms with Crippen LogP contribution in [0, 0.1) is 0 Å². The Kier molecular flexibility index (Phi) is 4.88. The van der Waals surface area contributed by atoms with Crippen LogP contribution in [0.4, 0.5) is 0 Å². The Bertz CT molecular complexity index is 1120. The van der Waals surface area contributed by atoms with Crippen molar-refractivity contribution in [1.82, 2.24) is 20.5 Å². The molecule has 0 saturated carbocycles. The number of rotatable bonds is 6. The van der Waals surface area contributed by atoms with Gasteiger partial charge >= 0.3 is 0 Å². The lowest BCUT2D eigenvalue weighted by Crippen LogP contribution is -2.23. The molecule has 0 unspecified atom stereocenters. The summed E-state index contributed by atoms with van der Waals surface area (Å²) >= 11 is 0. The average molecular weight is 374 g/mol. The molecule has 140 valence electrons. The third-order valence-corrected chi connectivity index (χ3v) is 4.26. The summed E-state index contributed by atoms with van der Waals surface area (Å²) in [5.41, 5.74) is 2.69. The fourth-order valence-electron chi connectivity index (χ4n) is 2.93. The van der Waals surface area contributed by atoms with Crippen LogP contribution in [0.1, 0.15) is 27.5 Å². The molecule has 1 amide bonds. The first-order valence-corrected chi connectivity index (χ1v) is 8.71. The molecule has 3 heterocycles. The van der Waals surface area contributed by atoms with Gasteiger partial charge in [0.1, 0.15) is 11.5 Å². The van der Waals surface area contributed by atoms with Crippen LogP contribution in [0.3, 0.4) is 0 Å². The molecule has 0 aliphatic carbocycles. The first-order valence-electron chi connectivity index (χ1n) is 8.71. The van der Waals surface area contributed by atoms with Gasteiger partial charge < -0.3 is 14.5 Å². The molecule has 0 aliphatic rings. The lowest BCUT2D eigenvalue weighted by Gasteiger charge is -2.10. The van der Waals surface area contributed by atoms with Gasteiger partial charge in [-0.2, -0.15) is 5.10 Å². The molecule has 3 aromatic heterocycles. The number of hydrogen-bond acceptors (Lipinski definition) is 5. The van der Waals surface area contributed by atoms with E-state index in [2.05, 4.69) is 20.5 Å². The molecule has 0 atom stereocenters. The van der Waals surface area contributed by atoms with Crippen molar-refractivity contribution in [2.75, 3.05) is 7.11 Å². The van der Waals surface area contributed by atoms with E-state index in [4.69, 9.17) is 9.15 Å². The Balaban J connectivity index is 1.66.